The van der Waals surface area contributed by atoms with Gasteiger partial charge in [0.1, 0.15) is 5.69 Å². The number of anilines is 1. The van der Waals surface area contributed by atoms with Crippen LogP contribution in [0.3, 0.4) is 0 Å². The van der Waals surface area contributed by atoms with Crippen LogP contribution >= 0.6 is 0 Å². The monoisotopic (exact) mass is 300 g/mol. The molecule has 1 aromatic heterocycles. The highest BCUT2D eigenvalue weighted by atomic mass is 19.4. The molecule has 0 radical (unpaired) electrons. The van der Waals surface area contributed by atoms with E-state index in [1.165, 1.54) is 19.0 Å². The molecule has 3 rings (SSSR count). The number of alkyl halides is 3. The fraction of sp³-hybridized carbons (Fsp3) is 0.714. The molecule has 0 bridgehead atoms. The number of nitrogens with one attached hydrogen (secondary N) is 1. The van der Waals surface area contributed by atoms with E-state index < -0.39 is 11.9 Å². The predicted octanol–water partition coefficient (Wildman–Crippen LogP) is 2.46. The molecule has 21 heavy (non-hydrogen) atoms. The summed E-state index contributed by atoms with van der Waals surface area (Å²) >= 11 is 0. The molecule has 1 saturated heterocycles. The van der Waals surface area contributed by atoms with E-state index >= 15 is 0 Å². The highest BCUT2D eigenvalue weighted by Crippen LogP contribution is 2.29. The van der Waals surface area contributed by atoms with Crippen molar-refractivity contribution >= 4 is 5.95 Å². The number of hydrogen-bond donors (Lipinski definition) is 1. The Morgan fingerprint density at radius 3 is 2.52 bits per heavy atom. The van der Waals surface area contributed by atoms with Crippen molar-refractivity contribution in [3.8, 4) is 0 Å². The lowest BCUT2D eigenvalue weighted by Crippen LogP contribution is -2.38. The van der Waals surface area contributed by atoms with Gasteiger partial charge in [-0.3, -0.25) is 0 Å². The number of halogens is 3. The third-order valence-corrected chi connectivity index (χ3v) is 4.10. The van der Waals surface area contributed by atoms with Gasteiger partial charge in [0.15, 0.2) is 0 Å². The van der Waals surface area contributed by atoms with Crippen molar-refractivity contribution in [2.24, 2.45) is 5.92 Å². The second-order valence-electron chi connectivity index (χ2n) is 5.85. The first-order valence-corrected chi connectivity index (χ1v) is 7.41. The summed E-state index contributed by atoms with van der Waals surface area (Å²) in [4.78, 5) is 9.49. The molecular formula is C14H19F3N4. The van der Waals surface area contributed by atoms with Crippen LogP contribution in [0.5, 0.6) is 0 Å². The molecule has 1 aliphatic carbocycles. The molecule has 2 heterocycles. The minimum atomic E-state index is -4.41. The summed E-state index contributed by atoms with van der Waals surface area (Å²) in [6.07, 6.45) is 1.27. The van der Waals surface area contributed by atoms with Gasteiger partial charge >= 0.3 is 6.18 Å². The van der Waals surface area contributed by atoms with Crippen molar-refractivity contribution in [1.82, 2.24) is 15.3 Å². The van der Waals surface area contributed by atoms with E-state index in [2.05, 4.69) is 15.3 Å². The lowest BCUT2D eigenvalue weighted by molar-refractivity contribution is -0.141. The number of nitrogens with zero attached hydrogens (tertiary/aromatic N) is 3. The first kappa shape index (κ1) is 14.6. The SMILES string of the molecule is FC(F)(F)c1ccnc(N2CCC(CNC3CC3)CC2)n1. The molecule has 1 aliphatic heterocycles. The van der Waals surface area contributed by atoms with Crippen molar-refractivity contribution in [2.45, 2.75) is 37.9 Å². The van der Waals surface area contributed by atoms with Gasteiger partial charge in [0.05, 0.1) is 0 Å². The third-order valence-electron chi connectivity index (χ3n) is 4.10. The molecule has 0 amide bonds. The van der Waals surface area contributed by atoms with E-state index in [0.29, 0.717) is 12.0 Å². The first-order valence-electron chi connectivity index (χ1n) is 7.41. The zero-order valence-electron chi connectivity index (χ0n) is 11.7. The van der Waals surface area contributed by atoms with Gasteiger partial charge in [-0.15, -0.1) is 0 Å². The van der Waals surface area contributed by atoms with Crippen molar-refractivity contribution < 1.29 is 13.2 Å². The molecule has 1 aromatic rings. The fourth-order valence-electron chi connectivity index (χ4n) is 2.62. The van der Waals surface area contributed by atoms with E-state index in [1.54, 1.807) is 0 Å². The third kappa shape index (κ3) is 3.84. The Kier molecular flexibility index (Phi) is 4.01. The largest absolute Gasteiger partial charge is 0.433 e. The Balaban J connectivity index is 1.56. The average Bonchev–Trinajstić information content (AvgIpc) is 3.29. The highest BCUT2D eigenvalue weighted by Gasteiger charge is 2.33. The minimum absolute atomic E-state index is 0.193. The molecule has 0 spiro atoms. The summed E-state index contributed by atoms with van der Waals surface area (Å²) in [5.41, 5.74) is -0.870. The lowest BCUT2D eigenvalue weighted by Gasteiger charge is -2.32. The van der Waals surface area contributed by atoms with Gasteiger partial charge < -0.3 is 10.2 Å². The van der Waals surface area contributed by atoms with Gasteiger partial charge in [-0.25, -0.2) is 9.97 Å². The normalized spacial score (nSPS) is 20.8. The smallest absolute Gasteiger partial charge is 0.341 e. The second-order valence-corrected chi connectivity index (χ2v) is 5.85. The Hall–Kier alpha value is -1.37. The molecule has 4 nitrogen and oxygen atoms in total. The van der Waals surface area contributed by atoms with Crippen LogP contribution in [0, 0.1) is 5.92 Å². The van der Waals surface area contributed by atoms with Crippen molar-refractivity contribution in [3.05, 3.63) is 18.0 Å². The molecule has 0 aromatic carbocycles. The highest BCUT2D eigenvalue weighted by molar-refractivity contribution is 5.31. The molecule has 7 heteroatoms. The fourth-order valence-corrected chi connectivity index (χ4v) is 2.62. The summed E-state index contributed by atoms with van der Waals surface area (Å²) in [5.74, 6) is 0.797. The standard InChI is InChI=1S/C14H19F3N4/c15-14(16,17)12-3-6-18-13(20-12)21-7-4-10(5-8-21)9-19-11-1-2-11/h3,6,10-11,19H,1-2,4-5,7-9H2. The van der Waals surface area contributed by atoms with Crippen molar-refractivity contribution in [1.29, 1.82) is 0 Å². The van der Waals surface area contributed by atoms with Gasteiger partial charge in [0.2, 0.25) is 5.95 Å². The first-order chi connectivity index (χ1) is 10.0. The summed E-state index contributed by atoms with van der Waals surface area (Å²) < 4.78 is 38.0. The van der Waals surface area contributed by atoms with Crippen LogP contribution < -0.4 is 10.2 Å². The maximum atomic E-state index is 12.7. The molecule has 1 N–H and O–H groups in total. The van der Waals surface area contributed by atoms with Gasteiger partial charge in [0.25, 0.3) is 0 Å². The average molecular weight is 300 g/mol. The van der Waals surface area contributed by atoms with Crippen LogP contribution in [-0.4, -0.2) is 35.6 Å². The Morgan fingerprint density at radius 2 is 1.90 bits per heavy atom. The Morgan fingerprint density at radius 1 is 1.19 bits per heavy atom. The summed E-state index contributed by atoms with van der Waals surface area (Å²) in [6.45, 7) is 2.46. The van der Waals surface area contributed by atoms with E-state index in [-0.39, 0.29) is 5.95 Å². The Labute approximate surface area is 121 Å². The van der Waals surface area contributed by atoms with Gasteiger partial charge in [-0.2, -0.15) is 13.2 Å². The maximum absolute atomic E-state index is 12.7. The number of hydrogen-bond acceptors (Lipinski definition) is 4. The van der Waals surface area contributed by atoms with Gasteiger partial charge in [-0.05, 0) is 44.2 Å². The van der Waals surface area contributed by atoms with Crippen LogP contribution in [-0.2, 0) is 6.18 Å². The van der Waals surface area contributed by atoms with Crippen LogP contribution in [0.2, 0.25) is 0 Å². The van der Waals surface area contributed by atoms with Crippen LogP contribution in [0.1, 0.15) is 31.4 Å². The Bertz CT molecular complexity index is 479. The topological polar surface area (TPSA) is 41.1 Å². The molecule has 0 atom stereocenters. The predicted molar refractivity (Wildman–Crippen MR) is 73.0 cm³/mol. The number of piperidine rings is 1. The van der Waals surface area contributed by atoms with Crippen LogP contribution in [0.4, 0.5) is 19.1 Å². The van der Waals surface area contributed by atoms with Crippen LogP contribution in [0.25, 0.3) is 0 Å². The van der Waals surface area contributed by atoms with Crippen molar-refractivity contribution in [2.75, 3.05) is 24.5 Å². The second kappa shape index (κ2) is 5.79. The van der Waals surface area contributed by atoms with E-state index in [0.717, 1.165) is 38.5 Å². The number of rotatable bonds is 4. The molecule has 1 saturated carbocycles. The maximum Gasteiger partial charge on any atom is 0.433 e. The molecule has 2 aliphatic rings. The van der Waals surface area contributed by atoms with E-state index in [4.69, 9.17) is 0 Å². The lowest BCUT2D eigenvalue weighted by atomic mass is 9.97. The number of aromatic nitrogens is 2. The van der Waals surface area contributed by atoms with E-state index in [9.17, 15) is 13.2 Å². The van der Waals surface area contributed by atoms with Gasteiger partial charge in [0, 0.05) is 25.3 Å². The van der Waals surface area contributed by atoms with E-state index in [1.807, 2.05) is 4.90 Å². The molecule has 0 unspecified atom stereocenters. The van der Waals surface area contributed by atoms with Crippen molar-refractivity contribution in [3.63, 3.8) is 0 Å². The molecule has 2 fully saturated rings. The molecule has 116 valence electrons. The molecular weight excluding hydrogens is 281 g/mol. The quantitative estimate of drug-likeness (QED) is 0.927. The minimum Gasteiger partial charge on any atom is -0.341 e. The summed E-state index contributed by atoms with van der Waals surface area (Å²) in [7, 11) is 0. The zero-order valence-corrected chi connectivity index (χ0v) is 11.7. The zero-order chi connectivity index (χ0) is 14.9. The van der Waals surface area contributed by atoms with Gasteiger partial charge in [-0.1, -0.05) is 0 Å². The summed E-state index contributed by atoms with van der Waals surface area (Å²) in [6, 6.07) is 1.62. The van der Waals surface area contributed by atoms with Crippen LogP contribution in [0.15, 0.2) is 12.3 Å². The summed E-state index contributed by atoms with van der Waals surface area (Å²) in [5, 5.41) is 3.51.